The maximum atomic E-state index is 6.16. The topological polar surface area (TPSA) is 47.7 Å². The molecule has 2 unspecified atom stereocenters. The van der Waals surface area contributed by atoms with E-state index in [9.17, 15) is 0 Å². The van der Waals surface area contributed by atoms with Crippen LogP contribution in [0.3, 0.4) is 0 Å². The van der Waals surface area contributed by atoms with Crippen LogP contribution in [0.2, 0.25) is 0 Å². The summed E-state index contributed by atoms with van der Waals surface area (Å²) in [5, 5.41) is 0. The van der Waals surface area contributed by atoms with Gasteiger partial charge in [0.25, 0.3) is 0 Å². The van der Waals surface area contributed by atoms with Gasteiger partial charge in [-0.1, -0.05) is 13.0 Å². The largest absolute Gasteiger partial charge is 0.496 e. The number of hydrogen-bond acceptors (Lipinski definition) is 4. The molecule has 4 heteroatoms. The second-order valence-corrected chi connectivity index (χ2v) is 5.13. The Balaban J connectivity index is 3.24. The van der Waals surface area contributed by atoms with Crippen molar-refractivity contribution < 1.29 is 9.47 Å². The monoisotopic (exact) mass is 280 g/mol. The summed E-state index contributed by atoms with van der Waals surface area (Å²) in [6, 6.07) is 6.45. The summed E-state index contributed by atoms with van der Waals surface area (Å²) in [6.07, 6.45) is 1.07. The number of nitrogens with two attached hydrogens (primary N) is 1. The first-order valence-electron chi connectivity index (χ1n) is 7.24. The highest BCUT2D eigenvalue weighted by atomic mass is 16.5. The fourth-order valence-corrected chi connectivity index (χ4v) is 2.41. The average molecular weight is 280 g/mol. The van der Waals surface area contributed by atoms with Gasteiger partial charge in [-0.05, 0) is 32.4 Å². The molecule has 0 heterocycles. The average Bonchev–Trinajstić information content (AvgIpc) is 2.46. The van der Waals surface area contributed by atoms with Crippen molar-refractivity contribution in [2.24, 2.45) is 5.73 Å². The second kappa shape index (κ2) is 8.12. The van der Waals surface area contributed by atoms with Crippen molar-refractivity contribution in [3.05, 3.63) is 23.8 Å². The van der Waals surface area contributed by atoms with E-state index in [-0.39, 0.29) is 6.04 Å². The summed E-state index contributed by atoms with van der Waals surface area (Å²) in [7, 11) is 3.42. The highest BCUT2D eigenvalue weighted by Crippen LogP contribution is 2.34. The van der Waals surface area contributed by atoms with Crippen LogP contribution in [0.15, 0.2) is 18.2 Å². The maximum absolute atomic E-state index is 6.16. The van der Waals surface area contributed by atoms with Crippen LogP contribution in [0.1, 0.15) is 38.8 Å². The molecule has 0 aliphatic rings. The molecule has 1 aromatic rings. The lowest BCUT2D eigenvalue weighted by molar-refractivity contribution is 0.203. The molecule has 1 aromatic carbocycles. The van der Waals surface area contributed by atoms with Crippen LogP contribution < -0.4 is 15.4 Å². The third-order valence-corrected chi connectivity index (χ3v) is 3.69. The summed E-state index contributed by atoms with van der Waals surface area (Å²) < 4.78 is 10.7. The lowest BCUT2D eigenvalue weighted by Gasteiger charge is -2.33. The number of methoxy groups -OCH3 is 2. The summed E-state index contributed by atoms with van der Waals surface area (Å²) in [6.45, 7) is 7.95. The lowest BCUT2D eigenvalue weighted by Crippen LogP contribution is -2.36. The Morgan fingerprint density at radius 1 is 1.25 bits per heavy atom. The van der Waals surface area contributed by atoms with E-state index in [2.05, 4.69) is 24.8 Å². The van der Waals surface area contributed by atoms with Gasteiger partial charge in [0.2, 0.25) is 0 Å². The molecule has 0 bridgehead atoms. The van der Waals surface area contributed by atoms with Gasteiger partial charge < -0.3 is 20.1 Å². The highest BCUT2D eigenvalue weighted by Gasteiger charge is 2.20. The van der Waals surface area contributed by atoms with Crippen molar-refractivity contribution in [3.63, 3.8) is 0 Å². The Kier molecular flexibility index (Phi) is 6.82. The molecule has 0 saturated carbocycles. The molecule has 2 atom stereocenters. The first-order chi connectivity index (χ1) is 9.56. The molecule has 0 radical (unpaired) electrons. The smallest absolute Gasteiger partial charge is 0.125 e. The maximum Gasteiger partial charge on any atom is 0.125 e. The highest BCUT2D eigenvalue weighted by molar-refractivity contribution is 5.61. The Bertz CT molecular complexity index is 407. The van der Waals surface area contributed by atoms with Gasteiger partial charge in [0.1, 0.15) is 5.75 Å². The van der Waals surface area contributed by atoms with Crippen molar-refractivity contribution in [2.75, 3.05) is 32.3 Å². The van der Waals surface area contributed by atoms with Crippen molar-refractivity contribution >= 4 is 5.69 Å². The molecule has 0 aromatic heterocycles. The van der Waals surface area contributed by atoms with Crippen LogP contribution in [0.25, 0.3) is 0 Å². The van der Waals surface area contributed by atoms with Gasteiger partial charge in [0.05, 0.1) is 13.7 Å². The Labute approximate surface area is 122 Å². The van der Waals surface area contributed by atoms with E-state index in [1.165, 1.54) is 0 Å². The van der Waals surface area contributed by atoms with Crippen LogP contribution >= 0.6 is 0 Å². The van der Waals surface area contributed by atoms with E-state index in [4.69, 9.17) is 15.2 Å². The minimum Gasteiger partial charge on any atom is -0.496 e. The number of anilines is 1. The van der Waals surface area contributed by atoms with Crippen molar-refractivity contribution in [1.82, 2.24) is 0 Å². The predicted molar refractivity (Wildman–Crippen MR) is 84.6 cm³/mol. The summed E-state index contributed by atoms with van der Waals surface area (Å²) in [5.74, 6) is 0.850. The Morgan fingerprint density at radius 2 is 1.95 bits per heavy atom. The molecule has 114 valence electrons. The lowest BCUT2D eigenvalue weighted by atomic mass is 10.0. The number of hydrogen-bond donors (Lipinski definition) is 1. The van der Waals surface area contributed by atoms with Gasteiger partial charge in [-0.15, -0.1) is 0 Å². The molecular weight excluding hydrogens is 252 g/mol. The third-order valence-electron chi connectivity index (χ3n) is 3.69. The van der Waals surface area contributed by atoms with Crippen LogP contribution in [0.5, 0.6) is 5.75 Å². The van der Waals surface area contributed by atoms with E-state index < -0.39 is 0 Å². The van der Waals surface area contributed by atoms with E-state index in [1.807, 2.05) is 19.1 Å². The number of benzene rings is 1. The van der Waals surface area contributed by atoms with Gasteiger partial charge >= 0.3 is 0 Å². The normalized spacial score (nSPS) is 13.9. The number of nitrogens with zero attached hydrogens (tertiary/aromatic N) is 1. The molecule has 0 saturated heterocycles. The quantitative estimate of drug-likeness (QED) is 0.795. The van der Waals surface area contributed by atoms with Crippen molar-refractivity contribution in [2.45, 2.75) is 39.3 Å². The zero-order valence-corrected chi connectivity index (χ0v) is 13.3. The SMILES string of the molecule is CCC(C)N(CCOC)c1cccc(OC)c1C(C)N. The zero-order chi connectivity index (χ0) is 15.1. The predicted octanol–water partition coefficient (Wildman–Crippen LogP) is 2.97. The molecule has 4 nitrogen and oxygen atoms in total. The van der Waals surface area contributed by atoms with E-state index >= 15 is 0 Å². The molecule has 0 aliphatic heterocycles. The van der Waals surface area contributed by atoms with Crippen LogP contribution in [0, 0.1) is 0 Å². The fraction of sp³-hybridized carbons (Fsp3) is 0.625. The summed E-state index contributed by atoms with van der Waals surface area (Å²) >= 11 is 0. The molecule has 0 aliphatic carbocycles. The third kappa shape index (κ3) is 3.87. The van der Waals surface area contributed by atoms with E-state index in [0.29, 0.717) is 12.6 Å². The van der Waals surface area contributed by atoms with E-state index in [0.717, 1.165) is 30.0 Å². The zero-order valence-electron chi connectivity index (χ0n) is 13.3. The Hall–Kier alpha value is -1.26. The van der Waals surface area contributed by atoms with Crippen LogP contribution in [-0.4, -0.2) is 33.4 Å². The standard InChI is InChI=1S/C16H28N2O2/c1-6-12(2)18(10-11-19-4)14-8-7-9-15(20-5)16(14)13(3)17/h7-9,12-13H,6,10-11,17H2,1-5H3. The summed E-state index contributed by atoms with van der Waals surface area (Å²) in [5.41, 5.74) is 8.37. The van der Waals surface area contributed by atoms with Crippen LogP contribution in [0.4, 0.5) is 5.69 Å². The molecular formula is C16H28N2O2. The molecule has 0 spiro atoms. The van der Waals surface area contributed by atoms with Gasteiger partial charge in [-0.25, -0.2) is 0 Å². The fourth-order valence-electron chi connectivity index (χ4n) is 2.41. The second-order valence-electron chi connectivity index (χ2n) is 5.13. The number of rotatable bonds is 8. The molecule has 0 amide bonds. The van der Waals surface area contributed by atoms with Crippen LogP contribution in [-0.2, 0) is 4.74 Å². The van der Waals surface area contributed by atoms with Crippen molar-refractivity contribution in [1.29, 1.82) is 0 Å². The molecule has 2 N–H and O–H groups in total. The van der Waals surface area contributed by atoms with Gasteiger partial charge in [0.15, 0.2) is 0 Å². The minimum atomic E-state index is -0.0738. The molecule has 20 heavy (non-hydrogen) atoms. The molecule has 0 fully saturated rings. The first-order valence-corrected chi connectivity index (χ1v) is 7.24. The minimum absolute atomic E-state index is 0.0738. The molecule has 1 rings (SSSR count). The van der Waals surface area contributed by atoms with Crippen molar-refractivity contribution in [3.8, 4) is 5.75 Å². The Morgan fingerprint density at radius 3 is 2.45 bits per heavy atom. The summed E-state index contributed by atoms with van der Waals surface area (Å²) in [4.78, 5) is 2.35. The van der Waals surface area contributed by atoms with Gasteiger partial charge in [0, 0.05) is 37.0 Å². The van der Waals surface area contributed by atoms with Gasteiger partial charge in [-0.2, -0.15) is 0 Å². The first kappa shape index (κ1) is 16.8. The van der Waals surface area contributed by atoms with Gasteiger partial charge in [-0.3, -0.25) is 0 Å². The van der Waals surface area contributed by atoms with E-state index in [1.54, 1.807) is 14.2 Å². The number of ether oxygens (including phenoxy) is 2.